The van der Waals surface area contributed by atoms with Crippen LogP contribution in [-0.2, 0) is 0 Å². The molecular weight excluding hydrogens is 164 g/mol. The largest absolute Gasteiger partial charge is 0.396 e. The van der Waals surface area contributed by atoms with Gasteiger partial charge in [0.25, 0.3) is 0 Å². The molecule has 1 saturated carbocycles. The molecule has 0 spiro atoms. The average Bonchev–Trinajstić information content (AvgIpc) is 2.87. The number of hydrogen-bond acceptors (Lipinski definition) is 3. The van der Waals surface area contributed by atoms with E-state index in [2.05, 4.69) is 9.97 Å². The van der Waals surface area contributed by atoms with Crippen LogP contribution in [0.1, 0.15) is 24.5 Å². The van der Waals surface area contributed by atoms with E-state index in [0.717, 1.165) is 11.5 Å². The summed E-state index contributed by atoms with van der Waals surface area (Å²) in [6.07, 6.45) is 8.04. The lowest BCUT2D eigenvalue weighted by Gasteiger charge is -1.92. The van der Waals surface area contributed by atoms with Crippen LogP contribution >= 0.6 is 0 Å². The lowest BCUT2D eigenvalue weighted by molar-refractivity contribution is 1.05. The minimum absolute atomic E-state index is 0.669. The van der Waals surface area contributed by atoms with Crippen LogP contribution in [0.25, 0.3) is 5.78 Å². The van der Waals surface area contributed by atoms with Crippen LogP contribution < -0.4 is 5.73 Å². The van der Waals surface area contributed by atoms with E-state index >= 15 is 0 Å². The predicted molar refractivity (Wildman–Crippen MR) is 49.4 cm³/mol. The van der Waals surface area contributed by atoms with Crippen LogP contribution in [0.2, 0.25) is 0 Å². The number of nitrogens with two attached hydrogens (primary N) is 1. The zero-order valence-electron chi connectivity index (χ0n) is 7.14. The molecule has 2 aromatic heterocycles. The summed E-state index contributed by atoms with van der Waals surface area (Å²) < 4.78 is 1.89. The van der Waals surface area contributed by atoms with Gasteiger partial charge in [0.1, 0.15) is 0 Å². The van der Waals surface area contributed by atoms with E-state index in [0.29, 0.717) is 11.6 Å². The summed E-state index contributed by atoms with van der Waals surface area (Å²) in [4.78, 5) is 8.55. The molecule has 13 heavy (non-hydrogen) atoms. The van der Waals surface area contributed by atoms with Crippen LogP contribution in [-0.4, -0.2) is 14.4 Å². The molecule has 2 heterocycles. The second-order valence-electron chi connectivity index (χ2n) is 3.53. The fourth-order valence-corrected chi connectivity index (χ4v) is 1.49. The normalized spacial score (nSPS) is 16.6. The van der Waals surface area contributed by atoms with E-state index in [9.17, 15) is 0 Å². The van der Waals surface area contributed by atoms with Gasteiger partial charge in [0.05, 0.1) is 17.6 Å². The first-order chi connectivity index (χ1) is 6.33. The van der Waals surface area contributed by atoms with Gasteiger partial charge < -0.3 is 5.73 Å². The summed E-state index contributed by atoms with van der Waals surface area (Å²) in [7, 11) is 0. The molecule has 66 valence electrons. The average molecular weight is 174 g/mol. The summed E-state index contributed by atoms with van der Waals surface area (Å²) >= 11 is 0. The number of nitrogen functional groups attached to an aromatic ring is 1. The topological polar surface area (TPSA) is 56.2 Å². The Bertz CT molecular complexity index is 456. The Hall–Kier alpha value is -1.58. The number of aromatic nitrogens is 3. The van der Waals surface area contributed by atoms with E-state index in [1.807, 2.05) is 16.8 Å². The summed E-state index contributed by atoms with van der Waals surface area (Å²) in [6.45, 7) is 0. The number of nitrogens with zero attached hydrogens (tertiary/aromatic N) is 3. The van der Waals surface area contributed by atoms with Gasteiger partial charge in [0, 0.05) is 18.3 Å². The first kappa shape index (κ1) is 6.88. The predicted octanol–water partition coefficient (Wildman–Crippen LogP) is 1.19. The molecular formula is C9H10N4. The zero-order valence-corrected chi connectivity index (χ0v) is 7.14. The lowest BCUT2D eigenvalue weighted by atomic mass is 10.3. The Kier molecular flexibility index (Phi) is 1.17. The van der Waals surface area contributed by atoms with E-state index in [-0.39, 0.29) is 0 Å². The fourth-order valence-electron chi connectivity index (χ4n) is 1.49. The lowest BCUT2D eigenvalue weighted by Crippen LogP contribution is -1.91. The van der Waals surface area contributed by atoms with Crippen LogP contribution in [0.3, 0.4) is 0 Å². The van der Waals surface area contributed by atoms with Crippen molar-refractivity contribution in [3.05, 3.63) is 24.3 Å². The van der Waals surface area contributed by atoms with E-state index in [1.54, 1.807) is 6.20 Å². The molecule has 1 aliphatic rings. The number of anilines is 1. The summed E-state index contributed by atoms with van der Waals surface area (Å²) in [6, 6.07) is 0. The third kappa shape index (κ3) is 1.06. The number of hydrogen-bond donors (Lipinski definition) is 1. The molecule has 0 aromatic carbocycles. The van der Waals surface area contributed by atoms with Gasteiger partial charge >= 0.3 is 0 Å². The van der Waals surface area contributed by atoms with Crippen molar-refractivity contribution < 1.29 is 0 Å². The van der Waals surface area contributed by atoms with Gasteiger partial charge in [-0.2, -0.15) is 0 Å². The molecule has 4 heteroatoms. The first-order valence-corrected chi connectivity index (χ1v) is 4.43. The molecule has 0 saturated heterocycles. The summed E-state index contributed by atoms with van der Waals surface area (Å²) in [5.41, 5.74) is 7.44. The second kappa shape index (κ2) is 2.22. The van der Waals surface area contributed by atoms with Crippen molar-refractivity contribution in [3.63, 3.8) is 0 Å². The third-order valence-electron chi connectivity index (χ3n) is 2.34. The monoisotopic (exact) mass is 174 g/mol. The van der Waals surface area contributed by atoms with Gasteiger partial charge in [-0.15, -0.1) is 0 Å². The molecule has 4 nitrogen and oxygen atoms in total. The molecule has 0 atom stereocenters. The Labute approximate surface area is 75.4 Å². The molecule has 3 rings (SSSR count). The fraction of sp³-hybridized carbons (Fsp3) is 0.333. The SMILES string of the molecule is Nc1cnc2nc(C3CC3)cn2c1. The standard InChI is InChI=1S/C9H10N4/c10-7-3-11-9-12-8(6-1-2-6)5-13(9)4-7/h3-6H,1-2,10H2. The van der Waals surface area contributed by atoms with E-state index < -0.39 is 0 Å². The molecule has 0 bridgehead atoms. The third-order valence-corrected chi connectivity index (χ3v) is 2.34. The Morgan fingerprint density at radius 3 is 3.00 bits per heavy atom. The van der Waals surface area contributed by atoms with Gasteiger partial charge in [0.2, 0.25) is 5.78 Å². The molecule has 2 aromatic rings. The van der Waals surface area contributed by atoms with Gasteiger partial charge in [-0.1, -0.05) is 0 Å². The van der Waals surface area contributed by atoms with Crippen molar-refractivity contribution in [1.29, 1.82) is 0 Å². The van der Waals surface area contributed by atoms with Crippen molar-refractivity contribution >= 4 is 11.5 Å². The van der Waals surface area contributed by atoms with Gasteiger partial charge in [-0.3, -0.25) is 4.40 Å². The summed E-state index contributed by atoms with van der Waals surface area (Å²) in [5.74, 6) is 1.42. The molecule has 1 aliphatic carbocycles. The smallest absolute Gasteiger partial charge is 0.234 e. The highest BCUT2D eigenvalue weighted by Gasteiger charge is 2.26. The van der Waals surface area contributed by atoms with E-state index in [4.69, 9.17) is 5.73 Å². The number of fused-ring (bicyclic) bond motifs is 1. The van der Waals surface area contributed by atoms with Crippen molar-refractivity contribution in [1.82, 2.24) is 14.4 Å². The minimum atomic E-state index is 0.669. The quantitative estimate of drug-likeness (QED) is 0.706. The maximum absolute atomic E-state index is 5.61. The molecule has 0 aliphatic heterocycles. The maximum atomic E-state index is 5.61. The highest BCUT2D eigenvalue weighted by Crippen LogP contribution is 2.39. The van der Waals surface area contributed by atoms with Gasteiger partial charge in [0.15, 0.2) is 0 Å². The highest BCUT2D eigenvalue weighted by atomic mass is 15.1. The molecule has 1 fully saturated rings. The zero-order chi connectivity index (χ0) is 8.84. The number of rotatable bonds is 1. The van der Waals surface area contributed by atoms with Crippen molar-refractivity contribution in [3.8, 4) is 0 Å². The highest BCUT2D eigenvalue weighted by molar-refractivity contribution is 5.41. The van der Waals surface area contributed by atoms with Crippen LogP contribution in [0, 0.1) is 0 Å². The minimum Gasteiger partial charge on any atom is -0.396 e. The van der Waals surface area contributed by atoms with Gasteiger partial charge in [-0.05, 0) is 12.8 Å². The molecule has 0 amide bonds. The van der Waals surface area contributed by atoms with E-state index in [1.165, 1.54) is 12.8 Å². The first-order valence-electron chi connectivity index (χ1n) is 4.43. The molecule has 0 radical (unpaired) electrons. The Morgan fingerprint density at radius 1 is 1.38 bits per heavy atom. The van der Waals surface area contributed by atoms with Crippen LogP contribution in [0.5, 0.6) is 0 Å². The Morgan fingerprint density at radius 2 is 2.23 bits per heavy atom. The molecule has 2 N–H and O–H groups in total. The van der Waals surface area contributed by atoms with Crippen molar-refractivity contribution in [2.45, 2.75) is 18.8 Å². The van der Waals surface area contributed by atoms with Crippen molar-refractivity contribution in [2.24, 2.45) is 0 Å². The van der Waals surface area contributed by atoms with Crippen LogP contribution in [0.15, 0.2) is 18.6 Å². The van der Waals surface area contributed by atoms with Crippen molar-refractivity contribution in [2.75, 3.05) is 5.73 Å². The van der Waals surface area contributed by atoms with Crippen LogP contribution in [0.4, 0.5) is 5.69 Å². The second-order valence-corrected chi connectivity index (χ2v) is 3.53. The van der Waals surface area contributed by atoms with Gasteiger partial charge in [-0.25, -0.2) is 9.97 Å². The maximum Gasteiger partial charge on any atom is 0.234 e. The summed E-state index contributed by atoms with van der Waals surface area (Å²) in [5, 5.41) is 0. The number of imidazole rings is 1. The molecule has 0 unspecified atom stereocenters. The Balaban J connectivity index is 2.20.